The highest BCUT2D eigenvalue weighted by atomic mass is 35.5. The van der Waals surface area contributed by atoms with Crippen LogP contribution in [0.3, 0.4) is 0 Å². The molecule has 1 aliphatic carbocycles. The molecule has 0 unspecified atom stereocenters. The molecule has 0 bridgehead atoms. The molecule has 2 aliphatic rings. The zero-order valence-corrected chi connectivity index (χ0v) is 12.6. The van der Waals surface area contributed by atoms with Crippen LogP contribution in [0.1, 0.15) is 37.7 Å². The molecule has 1 aliphatic heterocycles. The third-order valence-corrected chi connectivity index (χ3v) is 4.25. The summed E-state index contributed by atoms with van der Waals surface area (Å²) in [5.74, 6) is -0.252. The Kier molecular flexibility index (Phi) is 4.39. The molecule has 0 N–H and O–H groups in total. The molecule has 0 radical (unpaired) electrons. The molecular formula is C15H18ClN3O2. The number of hydrogen-bond donors (Lipinski definition) is 0. The number of halogens is 1. The second kappa shape index (κ2) is 6.43. The lowest BCUT2D eigenvalue weighted by Gasteiger charge is -2.36. The van der Waals surface area contributed by atoms with Crippen LogP contribution in [0.2, 0.25) is 5.28 Å². The summed E-state index contributed by atoms with van der Waals surface area (Å²) in [6, 6.07) is 0.454. The highest BCUT2D eigenvalue weighted by Crippen LogP contribution is 2.28. The number of hydrogen-bond acceptors (Lipinski definition) is 5. The van der Waals surface area contributed by atoms with Crippen LogP contribution in [0.15, 0.2) is 24.2 Å². The zero-order valence-electron chi connectivity index (χ0n) is 11.8. The van der Waals surface area contributed by atoms with E-state index in [2.05, 4.69) is 14.9 Å². The van der Waals surface area contributed by atoms with Crippen molar-refractivity contribution >= 4 is 17.6 Å². The number of rotatable bonds is 4. The minimum absolute atomic E-state index is 0.251. The molecule has 0 spiro atoms. The number of aromatic nitrogens is 2. The van der Waals surface area contributed by atoms with Crippen molar-refractivity contribution in [1.82, 2.24) is 14.9 Å². The predicted octanol–water partition coefficient (Wildman–Crippen LogP) is 2.71. The van der Waals surface area contributed by atoms with E-state index in [1.54, 1.807) is 18.5 Å². The molecule has 0 amide bonds. The first-order valence-corrected chi connectivity index (χ1v) is 7.70. The molecule has 21 heavy (non-hydrogen) atoms. The summed E-state index contributed by atoms with van der Waals surface area (Å²) in [5, 5.41) is 0.251. The normalized spacial score (nSPS) is 19.3. The Labute approximate surface area is 129 Å². The number of ether oxygens (including phenoxy) is 1. The van der Waals surface area contributed by atoms with Gasteiger partial charge in [-0.3, -0.25) is 0 Å². The molecular weight excluding hydrogens is 290 g/mol. The van der Waals surface area contributed by atoms with E-state index in [0.29, 0.717) is 19.2 Å². The second-order valence-electron chi connectivity index (χ2n) is 5.52. The van der Waals surface area contributed by atoms with E-state index < -0.39 is 0 Å². The van der Waals surface area contributed by atoms with Gasteiger partial charge in [0.1, 0.15) is 6.61 Å². The van der Waals surface area contributed by atoms with Gasteiger partial charge in [-0.15, -0.1) is 0 Å². The standard InChI is InChI=1S/C15H18ClN3O2/c16-15-17-7-11(8-18-15)9-19(12-4-2-1-3-5-12)13-6-14(20)21-10-13/h6-8,12H,1-5,9-10H2. The topological polar surface area (TPSA) is 55.3 Å². The Balaban J connectivity index is 1.79. The number of carbonyl (C=O) groups excluding carboxylic acids is 1. The number of carbonyl (C=O) groups is 1. The van der Waals surface area contributed by atoms with Crippen LogP contribution in [0, 0.1) is 0 Å². The quantitative estimate of drug-likeness (QED) is 0.632. The van der Waals surface area contributed by atoms with Crippen LogP contribution in [-0.2, 0) is 16.1 Å². The van der Waals surface area contributed by atoms with E-state index in [4.69, 9.17) is 16.3 Å². The van der Waals surface area contributed by atoms with Crippen molar-refractivity contribution in [2.24, 2.45) is 0 Å². The Morgan fingerprint density at radius 3 is 2.57 bits per heavy atom. The van der Waals surface area contributed by atoms with Gasteiger partial charge >= 0.3 is 5.97 Å². The fraction of sp³-hybridized carbons (Fsp3) is 0.533. The highest BCUT2D eigenvalue weighted by Gasteiger charge is 2.27. The number of cyclic esters (lactones) is 1. The maximum absolute atomic E-state index is 11.4. The van der Waals surface area contributed by atoms with Crippen molar-refractivity contribution in [3.63, 3.8) is 0 Å². The lowest BCUT2D eigenvalue weighted by molar-refractivity contribution is -0.135. The average molecular weight is 308 g/mol. The molecule has 1 saturated carbocycles. The highest BCUT2D eigenvalue weighted by molar-refractivity contribution is 6.28. The van der Waals surface area contributed by atoms with Crippen LogP contribution in [0.4, 0.5) is 0 Å². The molecule has 0 aromatic carbocycles. The largest absolute Gasteiger partial charge is 0.456 e. The van der Waals surface area contributed by atoms with Gasteiger partial charge < -0.3 is 9.64 Å². The van der Waals surface area contributed by atoms with Gasteiger partial charge in [0.2, 0.25) is 5.28 Å². The maximum atomic E-state index is 11.4. The molecule has 0 atom stereocenters. The van der Waals surface area contributed by atoms with E-state index in [9.17, 15) is 4.79 Å². The van der Waals surface area contributed by atoms with Crippen molar-refractivity contribution < 1.29 is 9.53 Å². The number of nitrogens with zero attached hydrogens (tertiary/aromatic N) is 3. The molecule has 1 aromatic rings. The molecule has 1 fully saturated rings. The lowest BCUT2D eigenvalue weighted by atomic mass is 9.93. The molecule has 6 heteroatoms. The molecule has 3 rings (SSSR count). The summed E-state index contributed by atoms with van der Waals surface area (Å²) in [5.41, 5.74) is 1.95. The van der Waals surface area contributed by atoms with E-state index in [1.165, 1.54) is 19.3 Å². The minimum Gasteiger partial charge on any atom is -0.456 e. The van der Waals surface area contributed by atoms with Crippen LogP contribution < -0.4 is 0 Å². The number of esters is 1. The van der Waals surface area contributed by atoms with Gasteiger partial charge in [0.15, 0.2) is 0 Å². The summed E-state index contributed by atoms with van der Waals surface area (Å²) in [6.45, 7) is 1.05. The van der Waals surface area contributed by atoms with Crippen LogP contribution in [0.5, 0.6) is 0 Å². The second-order valence-corrected chi connectivity index (χ2v) is 5.86. The zero-order chi connectivity index (χ0) is 14.7. The molecule has 1 aromatic heterocycles. The smallest absolute Gasteiger partial charge is 0.333 e. The Hall–Kier alpha value is -1.62. The van der Waals surface area contributed by atoms with Gasteiger partial charge in [0.05, 0.1) is 5.70 Å². The maximum Gasteiger partial charge on any atom is 0.333 e. The average Bonchev–Trinajstić information content (AvgIpc) is 2.94. The third kappa shape index (κ3) is 3.53. The van der Waals surface area contributed by atoms with Gasteiger partial charge in [-0.1, -0.05) is 19.3 Å². The fourth-order valence-electron chi connectivity index (χ4n) is 3.01. The summed E-state index contributed by atoms with van der Waals surface area (Å²) in [4.78, 5) is 21.7. The monoisotopic (exact) mass is 307 g/mol. The summed E-state index contributed by atoms with van der Waals surface area (Å²) < 4.78 is 5.07. The van der Waals surface area contributed by atoms with Crippen LogP contribution in [0.25, 0.3) is 0 Å². The SMILES string of the molecule is O=C1C=C(N(Cc2cnc(Cl)nc2)C2CCCCC2)CO1. The van der Waals surface area contributed by atoms with Crippen LogP contribution in [-0.4, -0.2) is 33.5 Å². The van der Waals surface area contributed by atoms with Gasteiger partial charge in [0, 0.05) is 36.6 Å². The Morgan fingerprint density at radius 1 is 1.24 bits per heavy atom. The van der Waals surface area contributed by atoms with Gasteiger partial charge in [-0.2, -0.15) is 0 Å². The third-order valence-electron chi connectivity index (χ3n) is 4.06. The minimum atomic E-state index is -0.252. The van der Waals surface area contributed by atoms with Gasteiger partial charge in [0.25, 0.3) is 0 Å². The summed E-state index contributed by atoms with van der Waals surface area (Å²) >= 11 is 5.73. The summed E-state index contributed by atoms with van der Waals surface area (Å²) in [7, 11) is 0. The van der Waals surface area contributed by atoms with Crippen molar-refractivity contribution in [2.45, 2.75) is 44.7 Å². The van der Waals surface area contributed by atoms with Gasteiger partial charge in [-0.25, -0.2) is 14.8 Å². The van der Waals surface area contributed by atoms with Crippen molar-refractivity contribution in [3.05, 3.63) is 35.0 Å². The lowest BCUT2D eigenvalue weighted by Crippen LogP contribution is -2.36. The van der Waals surface area contributed by atoms with E-state index >= 15 is 0 Å². The first kappa shape index (κ1) is 14.3. The van der Waals surface area contributed by atoms with Crippen molar-refractivity contribution in [1.29, 1.82) is 0 Å². The Bertz CT molecular complexity index is 538. The molecule has 112 valence electrons. The van der Waals surface area contributed by atoms with Crippen molar-refractivity contribution in [3.8, 4) is 0 Å². The van der Waals surface area contributed by atoms with Crippen LogP contribution >= 0.6 is 11.6 Å². The van der Waals surface area contributed by atoms with E-state index in [1.807, 2.05) is 0 Å². The predicted molar refractivity (Wildman–Crippen MR) is 78.5 cm³/mol. The molecule has 2 heterocycles. The summed E-state index contributed by atoms with van der Waals surface area (Å²) in [6.07, 6.45) is 11.2. The van der Waals surface area contributed by atoms with E-state index in [0.717, 1.165) is 24.1 Å². The molecule has 0 saturated heterocycles. The first-order chi connectivity index (χ1) is 10.2. The fourth-order valence-corrected chi connectivity index (χ4v) is 3.10. The van der Waals surface area contributed by atoms with Gasteiger partial charge in [-0.05, 0) is 24.4 Å². The Morgan fingerprint density at radius 2 is 1.95 bits per heavy atom. The van der Waals surface area contributed by atoms with E-state index in [-0.39, 0.29) is 11.3 Å². The molecule has 5 nitrogen and oxygen atoms in total. The van der Waals surface area contributed by atoms with Crippen molar-refractivity contribution in [2.75, 3.05) is 6.61 Å². The first-order valence-electron chi connectivity index (χ1n) is 7.33.